The molecule has 0 aromatic heterocycles. The fraction of sp³-hybridized carbons (Fsp3) is 0.857. The summed E-state index contributed by atoms with van der Waals surface area (Å²) in [5, 5.41) is 0. The van der Waals surface area contributed by atoms with Crippen molar-refractivity contribution in [2.75, 3.05) is 27.2 Å². The quantitative estimate of drug-likeness (QED) is 0.506. The molecular formula is C7H14NO2. The van der Waals surface area contributed by atoms with E-state index in [1.807, 2.05) is 14.1 Å². The summed E-state index contributed by atoms with van der Waals surface area (Å²) in [5.41, 5.74) is 0. The molecule has 0 aliphatic heterocycles. The SMILES string of the molecule is CN(C)CCCCO[C]=O. The van der Waals surface area contributed by atoms with Crippen molar-refractivity contribution < 1.29 is 9.53 Å². The van der Waals surface area contributed by atoms with Gasteiger partial charge >= 0.3 is 6.47 Å². The smallest absolute Gasteiger partial charge is 0.417 e. The third-order valence-electron chi connectivity index (χ3n) is 1.16. The monoisotopic (exact) mass is 144 g/mol. The molecule has 1 radical (unpaired) electrons. The number of nitrogens with zero attached hydrogens (tertiary/aromatic N) is 1. The number of ether oxygens (including phenoxy) is 1. The standard InChI is InChI=1S/C7H14NO2/c1-8(2)5-3-4-6-10-7-9/h3-6H2,1-2H3. The Bertz CT molecular complexity index is 83.7. The maximum absolute atomic E-state index is 9.54. The van der Waals surface area contributed by atoms with Crippen LogP contribution in [0.1, 0.15) is 12.8 Å². The molecule has 0 spiro atoms. The molecule has 0 saturated heterocycles. The van der Waals surface area contributed by atoms with Crippen LogP contribution in [0, 0.1) is 0 Å². The molecule has 0 rings (SSSR count). The Morgan fingerprint density at radius 2 is 2.10 bits per heavy atom. The van der Waals surface area contributed by atoms with E-state index in [0.717, 1.165) is 19.4 Å². The summed E-state index contributed by atoms with van der Waals surface area (Å²) in [6, 6.07) is 0. The Labute approximate surface area is 62.0 Å². The van der Waals surface area contributed by atoms with Crippen LogP contribution in [-0.2, 0) is 9.53 Å². The van der Waals surface area contributed by atoms with E-state index in [4.69, 9.17) is 0 Å². The molecule has 0 amide bonds. The van der Waals surface area contributed by atoms with Gasteiger partial charge in [0.15, 0.2) is 0 Å². The molecule has 0 fully saturated rings. The molecule has 0 atom stereocenters. The molecule has 0 saturated carbocycles. The van der Waals surface area contributed by atoms with E-state index in [0.29, 0.717) is 6.61 Å². The molecule has 10 heavy (non-hydrogen) atoms. The van der Waals surface area contributed by atoms with E-state index in [2.05, 4.69) is 9.64 Å². The number of rotatable bonds is 6. The molecule has 0 aliphatic carbocycles. The lowest BCUT2D eigenvalue weighted by Gasteiger charge is -2.07. The van der Waals surface area contributed by atoms with Gasteiger partial charge in [0.1, 0.15) is 0 Å². The topological polar surface area (TPSA) is 29.5 Å². The minimum Gasteiger partial charge on any atom is -0.457 e. The zero-order chi connectivity index (χ0) is 7.82. The van der Waals surface area contributed by atoms with Crippen LogP contribution < -0.4 is 0 Å². The fourth-order valence-corrected chi connectivity index (χ4v) is 0.644. The Kier molecular flexibility index (Phi) is 6.18. The van der Waals surface area contributed by atoms with Gasteiger partial charge in [0.25, 0.3) is 0 Å². The maximum atomic E-state index is 9.54. The number of carbonyl (C=O) groups excluding carboxylic acids is 1. The van der Waals surface area contributed by atoms with Crippen LogP contribution >= 0.6 is 0 Å². The van der Waals surface area contributed by atoms with Gasteiger partial charge in [-0.25, -0.2) is 4.79 Å². The third-order valence-corrected chi connectivity index (χ3v) is 1.16. The minimum atomic E-state index is 0.497. The highest BCUT2D eigenvalue weighted by Gasteiger charge is 1.90. The van der Waals surface area contributed by atoms with Gasteiger partial charge in [-0.15, -0.1) is 0 Å². The summed E-state index contributed by atoms with van der Waals surface area (Å²) in [4.78, 5) is 11.6. The van der Waals surface area contributed by atoms with E-state index in [1.54, 1.807) is 0 Å². The average Bonchev–Trinajstić information content (AvgIpc) is 1.87. The van der Waals surface area contributed by atoms with Gasteiger partial charge in [-0.05, 0) is 33.5 Å². The van der Waals surface area contributed by atoms with Crippen molar-refractivity contribution in [1.29, 1.82) is 0 Å². The first-order chi connectivity index (χ1) is 4.77. The van der Waals surface area contributed by atoms with Crippen LogP contribution in [0.2, 0.25) is 0 Å². The van der Waals surface area contributed by atoms with Crippen LogP contribution in [0.15, 0.2) is 0 Å². The molecule has 0 heterocycles. The first kappa shape index (κ1) is 9.43. The van der Waals surface area contributed by atoms with Crippen molar-refractivity contribution in [3.63, 3.8) is 0 Å². The van der Waals surface area contributed by atoms with E-state index in [9.17, 15) is 4.79 Å². The molecule has 59 valence electrons. The highest BCUT2D eigenvalue weighted by atomic mass is 16.5. The first-order valence-electron chi connectivity index (χ1n) is 3.41. The Balaban J connectivity index is 2.83. The Morgan fingerprint density at radius 3 is 2.60 bits per heavy atom. The zero-order valence-electron chi connectivity index (χ0n) is 6.59. The van der Waals surface area contributed by atoms with Crippen molar-refractivity contribution in [3.8, 4) is 0 Å². The van der Waals surface area contributed by atoms with E-state index >= 15 is 0 Å². The highest BCUT2D eigenvalue weighted by molar-refractivity contribution is 5.37. The summed E-state index contributed by atoms with van der Waals surface area (Å²) in [5.74, 6) is 0. The van der Waals surface area contributed by atoms with Gasteiger partial charge in [-0.3, -0.25) is 0 Å². The molecule has 0 N–H and O–H groups in total. The molecule has 3 nitrogen and oxygen atoms in total. The predicted molar refractivity (Wildman–Crippen MR) is 39.4 cm³/mol. The maximum Gasteiger partial charge on any atom is 0.417 e. The van der Waals surface area contributed by atoms with Crippen LogP contribution in [0.4, 0.5) is 0 Å². The van der Waals surface area contributed by atoms with Crippen molar-refractivity contribution in [2.24, 2.45) is 0 Å². The Hall–Kier alpha value is -0.570. The van der Waals surface area contributed by atoms with Crippen molar-refractivity contribution in [1.82, 2.24) is 4.90 Å². The van der Waals surface area contributed by atoms with E-state index in [1.165, 1.54) is 6.47 Å². The summed E-state index contributed by atoms with van der Waals surface area (Å²) >= 11 is 0. The van der Waals surface area contributed by atoms with Gasteiger partial charge in [-0.2, -0.15) is 0 Å². The second-order valence-corrected chi connectivity index (χ2v) is 2.44. The second-order valence-electron chi connectivity index (χ2n) is 2.44. The molecule has 0 aliphatic rings. The lowest BCUT2D eigenvalue weighted by Crippen LogP contribution is -2.13. The van der Waals surface area contributed by atoms with E-state index in [-0.39, 0.29) is 0 Å². The van der Waals surface area contributed by atoms with Crippen LogP contribution in [0.5, 0.6) is 0 Å². The molecule has 0 aromatic carbocycles. The number of hydrogen-bond donors (Lipinski definition) is 0. The number of unbranched alkanes of at least 4 members (excludes halogenated alkanes) is 1. The zero-order valence-corrected chi connectivity index (χ0v) is 6.59. The third kappa shape index (κ3) is 7.43. The molecule has 0 bridgehead atoms. The van der Waals surface area contributed by atoms with Crippen LogP contribution in [0.25, 0.3) is 0 Å². The second kappa shape index (κ2) is 6.55. The van der Waals surface area contributed by atoms with Gasteiger partial charge < -0.3 is 9.64 Å². The fourth-order valence-electron chi connectivity index (χ4n) is 0.644. The minimum absolute atomic E-state index is 0.497. The number of hydrogen-bond acceptors (Lipinski definition) is 3. The average molecular weight is 144 g/mol. The lowest BCUT2D eigenvalue weighted by atomic mass is 10.3. The summed E-state index contributed by atoms with van der Waals surface area (Å²) in [6.07, 6.45) is 1.99. The molecule has 3 heteroatoms. The van der Waals surface area contributed by atoms with Crippen LogP contribution in [0.3, 0.4) is 0 Å². The van der Waals surface area contributed by atoms with Gasteiger partial charge in [0, 0.05) is 0 Å². The van der Waals surface area contributed by atoms with Gasteiger partial charge in [0.2, 0.25) is 0 Å². The van der Waals surface area contributed by atoms with E-state index < -0.39 is 0 Å². The summed E-state index contributed by atoms with van der Waals surface area (Å²) in [6.45, 7) is 2.93. The van der Waals surface area contributed by atoms with Crippen molar-refractivity contribution in [2.45, 2.75) is 12.8 Å². The van der Waals surface area contributed by atoms with Gasteiger partial charge in [0.05, 0.1) is 6.61 Å². The first-order valence-corrected chi connectivity index (χ1v) is 3.41. The summed E-state index contributed by atoms with van der Waals surface area (Å²) < 4.78 is 4.39. The normalized spacial score (nSPS) is 9.90. The van der Waals surface area contributed by atoms with Crippen molar-refractivity contribution >= 4 is 6.47 Å². The van der Waals surface area contributed by atoms with Gasteiger partial charge in [-0.1, -0.05) is 0 Å². The summed E-state index contributed by atoms with van der Waals surface area (Å²) in [7, 11) is 4.04. The Morgan fingerprint density at radius 1 is 1.40 bits per heavy atom. The lowest BCUT2D eigenvalue weighted by molar-refractivity contribution is 0.262. The van der Waals surface area contributed by atoms with Crippen LogP contribution in [-0.4, -0.2) is 38.6 Å². The largest absolute Gasteiger partial charge is 0.457 e. The predicted octanol–water partition coefficient (Wildman–Crippen LogP) is 0.412. The molecule has 0 aromatic rings. The molecule has 0 unspecified atom stereocenters. The molecular weight excluding hydrogens is 130 g/mol. The highest BCUT2D eigenvalue weighted by Crippen LogP contribution is 1.89. The van der Waals surface area contributed by atoms with Crippen molar-refractivity contribution in [3.05, 3.63) is 0 Å².